The molecule has 0 aliphatic heterocycles. The van der Waals surface area contributed by atoms with Crippen molar-refractivity contribution in [3.63, 3.8) is 0 Å². The Kier molecular flexibility index (Phi) is 4.85. The molecule has 3 unspecified atom stereocenters. The van der Waals surface area contributed by atoms with Crippen LogP contribution in [0.4, 0.5) is 0 Å². The lowest BCUT2D eigenvalue weighted by molar-refractivity contribution is 0.0672. The Morgan fingerprint density at radius 1 is 1.39 bits per heavy atom. The van der Waals surface area contributed by atoms with Gasteiger partial charge in [0.15, 0.2) is 0 Å². The first-order chi connectivity index (χ1) is 8.61. The highest BCUT2D eigenvalue weighted by atomic mass is 79.9. The fourth-order valence-electron chi connectivity index (χ4n) is 3.13. The molecular weight excluding hydrogens is 288 g/mol. The number of aryl methyl sites for hydroxylation is 1. The van der Waals surface area contributed by atoms with Crippen molar-refractivity contribution in [1.29, 1.82) is 0 Å². The molecule has 0 heterocycles. The van der Waals surface area contributed by atoms with Gasteiger partial charge in [-0.15, -0.1) is 0 Å². The summed E-state index contributed by atoms with van der Waals surface area (Å²) >= 11 is 3.57. The highest BCUT2D eigenvalue weighted by Crippen LogP contribution is 2.40. The van der Waals surface area contributed by atoms with Gasteiger partial charge in [0.25, 0.3) is 0 Å². The van der Waals surface area contributed by atoms with E-state index in [2.05, 4.69) is 41.9 Å². The lowest BCUT2D eigenvalue weighted by atomic mass is 9.76. The predicted octanol–water partition coefficient (Wildman–Crippen LogP) is 5.01. The van der Waals surface area contributed by atoms with Crippen LogP contribution in [0.5, 0.6) is 0 Å². The fourth-order valence-corrected chi connectivity index (χ4v) is 3.62. The minimum absolute atomic E-state index is 0.311. The molecule has 0 bridgehead atoms. The fraction of sp³-hybridized carbons (Fsp3) is 0.625. The molecule has 1 fully saturated rings. The zero-order chi connectivity index (χ0) is 13.1. The molecule has 1 N–H and O–H groups in total. The summed E-state index contributed by atoms with van der Waals surface area (Å²) in [5.74, 6) is 1.24. The van der Waals surface area contributed by atoms with Crippen LogP contribution in [0, 0.1) is 18.8 Å². The Morgan fingerprint density at radius 3 is 2.89 bits per heavy atom. The molecule has 0 radical (unpaired) electrons. The lowest BCUT2D eigenvalue weighted by Crippen LogP contribution is -2.21. The Hall–Kier alpha value is -0.340. The molecule has 1 aromatic carbocycles. The normalized spacial score (nSPS) is 26.0. The van der Waals surface area contributed by atoms with Crippen molar-refractivity contribution in [3.05, 3.63) is 33.8 Å². The van der Waals surface area contributed by atoms with Crippen molar-refractivity contribution in [2.24, 2.45) is 11.8 Å². The quantitative estimate of drug-likeness (QED) is 0.832. The monoisotopic (exact) mass is 310 g/mol. The van der Waals surface area contributed by atoms with Gasteiger partial charge in [0.2, 0.25) is 0 Å². The van der Waals surface area contributed by atoms with Crippen molar-refractivity contribution >= 4 is 15.9 Å². The first-order valence-corrected chi connectivity index (χ1v) is 7.85. The Balaban J connectivity index is 2.14. The molecule has 0 spiro atoms. The second-order valence-electron chi connectivity index (χ2n) is 5.67. The number of hydrogen-bond acceptors (Lipinski definition) is 1. The molecule has 18 heavy (non-hydrogen) atoms. The molecule has 1 aliphatic rings. The summed E-state index contributed by atoms with van der Waals surface area (Å²) in [7, 11) is 0. The van der Waals surface area contributed by atoms with Crippen molar-refractivity contribution in [1.82, 2.24) is 0 Å². The van der Waals surface area contributed by atoms with Crippen LogP contribution in [0.15, 0.2) is 22.7 Å². The van der Waals surface area contributed by atoms with Crippen molar-refractivity contribution in [2.45, 2.75) is 52.1 Å². The minimum atomic E-state index is -0.311. The van der Waals surface area contributed by atoms with Gasteiger partial charge in [-0.2, -0.15) is 0 Å². The molecule has 1 saturated carbocycles. The van der Waals surface area contributed by atoms with Gasteiger partial charge in [0, 0.05) is 4.47 Å². The maximum Gasteiger partial charge on any atom is 0.0829 e. The summed E-state index contributed by atoms with van der Waals surface area (Å²) < 4.78 is 1.04. The van der Waals surface area contributed by atoms with Gasteiger partial charge < -0.3 is 5.11 Å². The highest BCUT2D eigenvalue weighted by molar-refractivity contribution is 9.10. The van der Waals surface area contributed by atoms with Crippen LogP contribution in [0.2, 0.25) is 0 Å². The summed E-state index contributed by atoms with van der Waals surface area (Å²) in [4.78, 5) is 0. The first kappa shape index (κ1) is 14.1. The maximum atomic E-state index is 10.6. The van der Waals surface area contributed by atoms with E-state index in [0.717, 1.165) is 22.4 Å². The van der Waals surface area contributed by atoms with E-state index >= 15 is 0 Å². The van der Waals surface area contributed by atoms with Crippen molar-refractivity contribution in [3.8, 4) is 0 Å². The number of hydrogen-bond donors (Lipinski definition) is 1. The molecule has 0 amide bonds. The van der Waals surface area contributed by atoms with Gasteiger partial charge in [-0.1, -0.05) is 59.8 Å². The molecule has 0 aromatic heterocycles. The second kappa shape index (κ2) is 6.21. The number of rotatable bonds is 3. The summed E-state index contributed by atoms with van der Waals surface area (Å²) in [5.41, 5.74) is 2.28. The predicted molar refractivity (Wildman–Crippen MR) is 79.6 cm³/mol. The van der Waals surface area contributed by atoms with Crippen molar-refractivity contribution < 1.29 is 5.11 Å². The Bertz CT molecular complexity index is 402. The zero-order valence-electron chi connectivity index (χ0n) is 11.3. The van der Waals surface area contributed by atoms with Crippen LogP contribution >= 0.6 is 15.9 Å². The SMILES string of the molecule is CCC1CCCC(C(O)c2cc(C)ccc2Br)C1. The molecule has 1 aliphatic carbocycles. The van der Waals surface area contributed by atoms with Gasteiger partial charge in [-0.3, -0.25) is 0 Å². The third kappa shape index (κ3) is 3.16. The van der Waals surface area contributed by atoms with Gasteiger partial charge in [-0.05, 0) is 43.2 Å². The first-order valence-electron chi connectivity index (χ1n) is 7.06. The van der Waals surface area contributed by atoms with Crippen LogP contribution < -0.4 is 0 Å². The molecule has 100 valence electrons. The molecule has 1 aromatic rings. The number of halogens is 1. The average Bonchev–Trinajstić information content (AvgIpc) is 2.41. The van der Waals surface area contributed by atoms with E-state index in [-0.39, 0.29) is 6.10 Å². The lowest BCUT2D eigenvalue weighted by Gasteiger charge is -2.32. The van der Waals surface area contributed by atoms with Crippen LogP contribution in [0.3, 0.4) is 0 Å². The van der Waals surface area contributed by atoms with Gasteiger partial charge in [-0.25, -0.2) is 0 Å². The van der Waals surface area contributed by atoms with E-state index in [1.54, 1.807) is 0 Å². The molecule has 1 nitrogen and oxygen atoms in total. The molecule has 2 rings (SSSR count). The smallest absolute Gasteiger partial charge is 0.0829 e. The minimum Gasteiger partial charge on any atom is -0.388 e. The molecule has 3 atom stereocenters. The summed E-state index contributed by atoms with van der Waals surface area (Å²) in [5, 5.41) is 10.6. The third-order valence-corrected chi connectivity index (χ3v) is 5.04. The molecule has 0 saturated heterocycles. The summed E-state index contributed by atoms with van der Waals surface area (Å²) in [6.45, 7) is 4.35. The average molecular weight is 311 g/mol. The van der Waals surface area contributed by atoms with Crippen molar-refractivity contribution in [2.75, 3.05) is 0 Å². The van der Waals surface area contributed by atoms with E-state index in [9.17, 15) is 5.11 Å². The zero-order valence-corrected chi connectivity index (χ0v) is 12.9. The third-order valence-electron chi connectivity index (χ3n) is 4.32. The number of aliphatic hydroxyl groups is 1. The van der Waals surface area contributed by atoms with E-state index < -0.39 is 0 Å². The van der Waals surface area contributed by atoms with Gasteiger partial charge in [0.05, 0.1) is 6.10 Å². The largest absolute Gasteiger partial charge is 0.388 e. The van der Waals surface area contributed by atoms with E-state index in [1.807, 2.05) is 6.07 Å². The van der Waals surface area contributed by atoms with Crippen LogP contribution in [-0.2, 0) is 0 Å². The van der Waals surface area contributed by atoms with E-state index in [1.165, 1.54) is 31.2 Å². The Labute approximate surface area is 119 Å². The van der Waals surface area contributed by atoms with E-state index in [4.69, 9.17) is 0 Å². The molecular formula is C16H23BrO. The molecule has 2 heteroatoms. The van der Waals surface area contributed by atoms with E-state index in [0.29, 0.717) is 5.92 Å². The van der Waals surface area contributed by atoms with Gasteiger partial charge >= 0.3 is 0 Å². The number of benzene rings is 1. The van der Waals surface area contributed by atoms with Crippen LogP contribution in [0.1, 0.15) is 56.3 Å². The number of aliphatic hydroxyl groups excluding tert-OH is 1. The summed E-state index contributed by atoms with van der Waals surface area (Å²) in [6, 6.07) is 6.24. The Morgan fingerprint density at radius 2 is 2.17 bits per heavy atom. The van der Waals surface area contributed by atoms with Gasteiger partial charge in [0.1, 0.15) is 0 Å². The maximum absolute atomic E-state index is 10.6. The standard InChI is InChI=1S/C16H23BrO/c1-3-12-5-4-6-13(10-12)16(18)14-9-11(2)7-8-15(14)17/h7-9,12-13,16,18H,3-6,10H2,1-2H3. The van der Waals surface area contributed by atoms with Crippen LogP contribution in [0.25, 0.3) is 0 Å². The van der Waals surface area contributed by atoms with Crippen LogP contribution in [-0.4, -0.2) is 5.11 Å². The second-order valence-corrected chi connectivity index (χ2v) is 6.53. The topological polar surface area (TPSA) is 20.2 Å². The highest BCUT2D eigenvalue weighted by Gasteiger charge is 2.28. The summed E-state index contributed by atoms with van der Waals surface area (Å²) in [6.07, 6.45) is 5.89.